The third-order valence-corrected chi connectivity index (χ3v) is 2.75. The number of carbonyl (C=O) groups excluding carboxylic acids is 1. The fourth-order valence-corrected chi connectivity index (χ4v) is 1.80. The van der Waals surface area contributed by atoms with Crippen molar-refractivity contribution in [2.45, 2.75) is 12.8 Å². The summed E-state index contributed by atoms with van der Waals surface area (Å²) in [5, 5.41) is 3.20. The number of nitrogens with zero attached hydrogens (tertiary/aromatic N) is 2. The molecule has 5 nitrogen and oxygen atoms in total. The van der Waals surface area contributed by atoms with Crippen LogP contribution in [0.15, 0.2) is 36.7 Å². The first-order valence-electron chi connectivity index (χ1n) is 5.59. The fraction of sp³-hybridized carbons (Fsp3) is 0.250. The monoisotopic (exact) mass is 263 g/mol. The lowest BCUT2D eigenvalue weighted by molar-refractivity contribution is -0.116. The summed E-state index contributed by atoms with van der Waals surface area (Å²) >= 11 is 1.16. The molecule has 0 radical (unpaired) electrons. The number of hydrogen-bond donors (Lipinski definition) is 1. The van der Waals surface area contributed by atoms with Gasteiger partial charge in [-0.3, -0.25) is 4.79 Å². The Balaban J connectivity index is 1.62. The van der Waals surface area contributed by atoms with Gasteiger partial charge < -0.3 is 10.1 Å². The number of amides is 1. The van der Waals surface area contributed by atoms with Gasteiger partial charge in [-0.2, -0.15) is 4.37 Å². The second kappa shape index (κ2) is 6.70. The number of aromatic nitrogens is 2. The quantitative estimate of drug-likeness (QED) is 0.812. The highest BCUT2D eigenvalue weighted by molar-refractivity contribution is 7.09. The molecule has 0 saturated carbocycles. The number of benzene rings is 1. The van der Waals surface area contributed by atoms with Crippen molar-refractivity contribution in [2.75, 3.05) is 11.9 Å². The highest BCUT2D eigenvalue weighted by atomic mass is 32.1. The lowest BCUT2D eigenvalue weighted by Crippen LogP contribution is -2.12. The molecule has 0 spiro atoms. The van der Waals surface area contributed by atoms with Crippen LogP contribution >= 0.6 is 11.5 Å². The zero-order chi connectivity index (χ0) is 12.6. The van der Waals surface area contributed by atoms with Gasteiger partial charge in [-0.05, 0) is 18.6 Å². The fourth-order valence-electron chi connectivity index (χ4n) is 1.35. The normalized spacial score (nSPS) is 10.0. The van der Waals surface area contributed by atoms with E-state index in [0.29, 0.717) is 24.6 Å². The van der Waals surface area contributed by atoms with Crippen molar-refractivity contribution in [1.82, 2.24) is 9.36 Å². The van der Waals surface area contributed by atoms with E-state index in [2.05, 4.69) is 14.7 Å². The Hall–Kier alpha value is -1.95. The summed E-state index contributed by atoms with van der Waals surface area (Å²) in [6, 6.07) is 9.54. The van der Waals surface area contributed by atoms with Crippen molar-refractivity contribution >= 4 is 22.6 Å². The van der Waals surface area contributed by atoms with E-state index < -0.39 is 0 Å². The van der Waals surface area contributed by atoms with Crippen molar-refractivity contribution in [3.8, 4) is 5.75 Å². The minimum Gasteiger partial charge on any atom is -0.494 e. The van der Waals surface area contributed by atoms with Crippen LogP contribution in [0, 0.1) is 0 Å². The van der Waals surface area contributed by atoms with Crippen LogP contribution in [0.5, 0.6) is 5.75 Å². The summed E-state index contributed by atoms with van der Waals surface area (Å²) in [6.07, 6.45) is 2.49. The minimum absolute atomic E-state index is 0.0663. The number of anilines is 1. The summed E-state index contributed by atoms with van der Waals surface area (Å²) in [5.74, 6) is 0.755. The Morgan fingerprint density at radius 2 is 2.17 bits per heavy atom. The Morgan fingerprint density at radius 3 is 2.89 bits per heavy atom. The number of ether oxygens (including phenoxy) is 1. The first kappa shape index (κ1) is 12.5. The van der Waals surface area contributed by atoms with Crippen LogP contribution < -0.4 is 10.1 Å². The lowest BCUT2D eigenvalue weighted by Gasteiger charge is -2.05. The van der Waals surface area contributed by atoms with Gasteiger partial charge in [0, 0.05) is 18.0 Å². The molecule has 0 atom stereocenters. The second-order valence-corrected chi connectivity index (χ2v) is 4.34. The number of nitrogens with one attached hydrogen (secondary N) is 1. The zero-order valence-electron chi connectivity index (χ0n) is 9.70. The molecule has 1 aromatic carbocycles. The molecule has 0 aliphatic carbocycles. The van der Waals surface area contributed by atoms with E-state index in [1.54, 1.807) is 0 Å². The Labute approximate surface area is 109 Å². The summed E-state index contributed by atoms with van der Waals surface area (Å²) < 4.78 is 9.29. The Kier molecular flexibility index (Phi) is 4.66. The molecule has 6 heteroatoms. The summed E-state index contributed by atoms with van der Waals surface area (Å²) in [4.78, 5) is 15.4. The molecule has 1 N–H and O–H groups in total. The molecule has 0 aliphatic rings. The average molecular weight is 263 g/mol. The molecule has 0 unspecified atom stereocenters. The molecule has 18 heavy (non-hydrogen) atoms. The second-order valence-electron chi connectivity index (χ2n) is 3.56. The van der Waals surface area contributed by atoms with Crippen molar-refractivity contribution in [3.63, 3.8) is 0 Å². The lowest BCUT2D eigenvalue weighted by atomic mass is 10.3. The molecule has 1 heterocycles. The van der Waals surface area contributed by atoms with Gasteiger partial charge >= 0.3 is 0 Å². The molecule has 94 valence electrons. The topological polar surface area (TPSA) is 64.1 Å². The van der Waals surface area contributed by atoms with Gasteiger partial charge in [0.25, 0.3) is 0 Å². The van der Waals surface area contributed by atoms with E-state index in [-0.39, 0.29) is 5.91 Å². The Bertz CT molecular complexity index is 473. The van der Waals surface area contributed by atoms with Crippen LogP contribution in [0.3, 0.4) is 0 Å². The van der Waals surface area contributed by atoms with Crippen LogP contribution in [0.25, 0.3) is 0 Å². The molecule has 0 bridgehead atoms. The molecule has 2 rings (SSSR count). The van der Waals surface area contributed by atoms with E-state index in [1.807, 2.05) is 30.3 Å². The molecule has 1 amide bonds. The third-order valence-electron chi connectivity index (χ3n) is 2.17. The van der Waals surface area contributed by atoms with Gasteiger partial charge in [-0.25, -0.2) is 4.98 Å². The van der Waals surface area contributed by atoms with E-state index >= 15 is 0 Å². The molecule has 0 aliphatic heterocycles. The van der Waals surface area contributed by atoms with Crippen molar-refractivity contribution in [2.24, 2.45) is 0 Å². The van der Waals surface area contributed by atoms with Crippen molar-refractivity contribution in [1.29, 1.82) is 0 Å². The molecular formula is C12H13N3O2S. The van der Waals surface area contributed by atoms with Gasteiger partial charge in [0.15, 0.2) is 0 Å². The predicted octanol–water partition coefficient (Wildman–Crippen LogP) is 2.34. The van der Waals surface area contributed by atoms with E-state index in [1.165, 1.54) is 6.33 Å². The summed E-state index contributed by atoms with van der Waals surface area (Å²) in [6.45, 7) is 0.521. The third kappa shape index (κ3) is 4.14. The van der Waals surface area contributed by atoms with Gasteiger partial charge in [0.2, 0.25) is 11.0 Å². The number of carbonyl (C=O) groups is 1. The Morgan fingerprint density at radius 1 is 1.33 bits per heavy atom. The smallest absolute Gasteiger partial charge is 0.226 e. The maximum Gasteiger partial charge on any atom is 0.226 e. The highest BCUT2D eigenvalue weighted by Gasteiger charge is 2.04. The number of para-hydroxylation sites is 1. The van der Waals surface area contributed by atoms with E-state index in [4.69, 9.17) is 4.74 Å². The maximum atomic E-state index is 11.5. The average Bonchev–Trinajstić information content (AvgIpc) is 2.89. The first-order chi connectivity index (χ1) is 8.84. The van der Waals surface area contributed by atoms with Gasteiger partial charge in [-0.15, -0.1) is 0 Å². The first-order valence-corrected chi connectivity index (χ1v) is 6.36. The predicted molar refractivity (Wildman–Crippen MR) is 69.7 cm³/mol. The molecule has 2 aromatic rings. The van der Waals surface area contributed by atoms with Crippen molar-refractivity contribution < 1.29 is 9.53 Å². The van der Waals surface area contributed by atoms with Crippen molar-refractivity contribution in [3.05, 3.63) is 36.7 Å². The largest absolute Gasteiger partial charge is 0.494 e. The molecule has 1 aromatic heterocycles. The van der Waals surface area contributed by atoms with Gasteiger partial charge in [-0.1, -0.05) is 18.2 Å². The highest BCUT2D eigenvalue weighted by Crippen LogP contribution is 2.10. The van der Waals surface area contributed by atoms with Gasteiger partial charge in [0.05, 0.1) is 6.61 Å². The standard InChI is InChI=1S/C12H13N3O2S/c16-11(15-12-13-9-14-18-12)7-4-8-17-10-5-2-1-3-6-10/h1-3,5-6,9H,4,7-8H2,(H,13,14,15,16). The number of hydrogen-bond acceptors (Lipinski definition) is 5. The van der Waals surface area contributed by atoms with Gasteiger partial charge in [0.1, 0.15) is 12.1 Å². The van der Waals surface area contributed by atoms with E-state index in [9.17, 15) is 4.79 Å². The van der Waals surface area contributed by atoms with E-state index in [0.717, 1.165) is 17.3 Å². The molecular weight excluding hydrogens is 250 g/mol. The zero-order valence-corrected chi connectivity index (χ0v) is 10.5. The SMILES string of the molecule is O=C(CCCOc1ccccc1)Nc1ncns1. The molecule has 0 saturated heterocycles. The van der Waals surface area contributed by atoms with Crippen LogP contribution in [0.1, 0.15) is 12.8 Å². The minimum atomic E-state index is -0.0663. The van der Waals surface area contributed by atoms with Crippen LogP contribution in [0.4, 0.5) is 5.13 Å². The van der Waals surface area contributed by atoms with Crippen LogP contribution in [-0.2, 0) is 4.79 Å². The summed E-state index contributed by atoms with van der Waals surface area (Å²) in [7, 11) is 0. The number of rotatable bonds is 6. The maximum absolute atomic E-state index is 11.5. The van der Waals surface area contributed by atoms with Crippen LogP contribution in [0.2, 0.25) is 0 Å². The van der Waals surface area contributed by atoms with Crippen LogP contribution in [-0.4, -0.2) is 21.9 Å². The molecule has 0 fully saturated rings. The summed E-state index contributed by atoms with van der Waals surface area (Å²) in [5.41, 5.74) is 0.